The van der Waals surface area contributed by atoms with Crippen LogP contribution in [-0.2, 0) is 28.2 Å². The molecule has 0 aliphatic carbocycles. The molecule has 0 unspecified atom stereocenters. The van der Waals surface area contributed by atoms with Gasteiger partial charge in [-0.3, -0.25) is 58.6 Å². The summed E-state index contributed by atoms with van der Waals surface area (Å²) in [6, 6.07) is 63.5. The van der Waals surface area contributed by atoms with Crippen molar-refractivity contribution in [3.05, 3.63) is 249 Å². The number of phenols is 1. The van der Waals surface area contributed by atoms with Crippen LogP contribution >= 0.6 is 15.9 Å². The van der Waals surface area contributed by atoms with Gasteiger partial charge >= 0.3 is 0 Å². The molecule has 0 atom stereocenters. The average Bonchev–Trinajstić information content (AvgIpc) is 1.59. The largest absolute Gasteiger partial charge is 0.504 e. The fraction of sp³-hybridized carbons (Fsp3) is 0.124. The smallest absolute Gasteiger partial charge is 0.221 e. The number of phenolic OH excluding ortho intramolecular Hbond substituents is 1. The van der Waals surface area contributed by atoms with Crippen LogP contribution in [0.3, 0.4) is 0 Å². The number of hydrogen-bond donors (Lipinski definition) is 3. The molecule has 0 spiro atoms. The normalized spacial score (nSPS) is 10.9. The maximum atomic E-state index is 12.2. The van der Waals surface area contributed by atoms with E-state index in [0.29, 0.717) is 79.1 Å². The molecule has 0 aliphatic rings. The number of pyridine rings is 5. The summed E-state index contributed by atoms with van der Waals surface area (Å²) in [6.07, 6.45) is 8.88. The van der Waals surface area contributed by atoms with Crippen LogP contribution in [0, 0.1) is 56.7 Å². The number of halogens is 1. The summed E-state index contributed by atoms with van der Waals surface area (Å²) in [4.78, 5) is 34.7. The second kappa shape index (κ2) is 35.5. The topological polar surface area (TPSA) is 397 Å². The number of aromatic amines is 2. The highest BCUT2D eigenvalue weighted by Gasteiger charge is 2.24. The summed E-state index contributed by atoms with van der Waals surface area (Å²) in [7, 11) is 20.2. The Morgan fingerprint density at radius 2 is 0.672 bits per heavy atom. The lowest BCUT2D eigenvalue weighted by atomic mass is 10.0. The fourth-order valence-corrected chi connectivity index (χ4v) is 15.9. The molecule has 10 heterocycles. The number of nitrogens with one attached hydrogen (secondary N) is 2. The van der Waals surface area contributed by atoms with Gasteiger partial charge in [-0.2, -0.15) is 46.7 Å². The highest BCUT2D eigenvalue weighted by Crippen LogP contribution is 2.45. The molecule has 628 valence electrons. The number of rotatable bonds is 13. The summed E-state index contributed by atoms with van der Waals surface area (Å²) in [5.74, 6) is 4.51. The van der Waals surface area contributed by atoms with E-state index in [1.54, 1.807) is 156 Å². The van der Waals surface area contributed by atoms with E-state index in [1.807, 2.05) is 141 Å². The van der Waals surface area contributed by atoms with Crippen molar-refractivity contribution in [2.75, 3.05) is 56.9 Å². The van der Waals surface area contributed by atoms with Crippen LogP contribution < -0.4 is 43.3 Å². The quantitative estimate of drug-likeness (QED) is 0.0965. The molecular formula is C97H73BrN20O10. The van der Waals surface area contributed by atoms with Gasteiger partial charge in [0, 0.05) is 145 Å². The molecule has 0 radical (unpaired) electrons. The lowest BCUT2D eigenvalue weighted by molar-refractivity contribution is 0.356. The molecule has 30 nitrogen and oxygen atoms in total. The Labute approximate surface area is 737 Å². The summed E-state index contributed by atoms with van der Waals surface area (Å²) in [5, 5.41) is 89.1. The molecule has 20 aromatic rings. The Hall–Kier alpha value is -17.5. The van der Waals surface area contributed by atoms with Crippen molar-refractivity contribution in [2.45, 2.75) is 0 Å². The number of nitrogens with zero attached hydrogens (tertiary/aromatic N) is 18. The predicted octanol–water partition coefficient (Wildman–Crippen LogP) is 18.1. The fourth-order valence-electron chi connectivity index (χ4n) is 15.4. The first kappa shape index (κ1) is 84.1. The zero-order valence-corrected chi connectivity index (χ0v) is 72.3. The third-order valence-electron chi connectivity index (χ3n) is 21.8. The Kier molecular flexibility index (Phi) is 23.4. The van der Waals surface area contributed by atoms with E-state index >= 15 is 0 Å². The number of benzene rings is 10. The van der Waals surface area contributed by atoms with Crippen molar-refractivity contribution in [3.63, 3.8) is 0 Å². The predicted molar refractivity (Wildman–Crippen MR) is 491 cm³/mol. The first-order valence-corrected chi connectivity index (χ1v) is 40.0. The standard InChI is InChI=1S/C20H15BrN4O2.C20H16N4O2.3C19H14N4O2/c1-25-16-10-23-15-8-18(27-3)17(26-2)7-13(15)19(16)20(24-25)11-4-5-12(9-22)14(21)6-11;1-24-16-11-22-15-9-18(26-3)17(25-2)8-14(15)19(16)20(23-24)13-6-4-12(10-21)5-7-13;1-23-15-10-21-14-8-16(24)17(25-2)7-13(14)18(15)19(22-23)12-5-3-11(9-20)4-6-12;1-23-15-10-21-14-8-17(25-2)16(24)7-13(14)18(15)19(22-23)12-5-3-11(9-20)4-6-12;1-24-16-7-13-14(8-17(16)25-2)21-10-15-18(13)19(23-22-15)12-5-3-11(9-20)4-6-12/h4-8,10H,1-3H3;4-9,11H,1-3H3;3-8,10,24H,1-2H3;3-8,10,22H,1-2H3;3-8,10H,1-2H3,(H,22,23). The van der Waals surface area contributed by atoms with E-state index in [9.17, 15) is 15.2 Å². The van der Waals surface area contributed by atoms with Crippen molar-refractivity contribution in [1.82, 2.24) is 74.2 Å². The number of hydrogen-bond acceptors (Lipinski definition) is 24. The molecule has 0 bridgehead atoms. The zero-order valence-electron chi connectivity index (χ0n) is 70.7. The third-order valence-corrected chi connectivity index (χ3v) is 22.5. The number of aryl methyl sites for hydroxylation is 4. The molecule has 0 amide bonds. The number of methoxy groups -OCH3 is 8. The molecule has 10 aromatic carbocycles. The zero-order chi connectivity index (χ0) is 89.9. The van der Waals surface area contributed by atoms with Crippen molar-refractivity contribution in [1.29, 1.82) is 26.3 Å². The van der Waals surface area contributed by atoms with Gasteiger partial charge in [-0.15, -0.1) is 0 Å². The van der Waals surface area contributed by atoms with Gasteiger partial charge in [-0.05, 0) is 107 Å². The minimum absolute atomic E-state index is 0.0469. The Bertz CT molecular complexity index is 8110. The molecule has 0 saturated heterocycles. The minimum atomic E-state index is -0.182. The molecule has 0 saturated carbocycles. The summed E-state index contributed by atoms with van der Waals surface area (Å²) >= 11 is 3.46. The molecule has 31 heteroatoms. The van der Waals surface area contributed by atoms with E-state index in [1.165, 1.54) is 14.2 Å². The van der Waals surface area contributed by atoms with Crippen molar-refractivity contribution in [2.24, 2.45) is 28.2 Å². The van der Waals surface area contributed by atoms with Gasteiger partial charge in [0.2, 0.25) is 5.43 Å². The summed E-state index contributed by atoms with van der Waals surface area (Å²) in [5.41, 5.74) is 19.7. The Morgan fingerprint density at radius 3 is 1.06 bits per heavy atom. The van der Waals surface area contributed by atoms with E-state index in [4.69, 9.17) is 64.0 Å². The molecule has 0 aliphatic heterocycles. The van der Waals surface area contributed by atoms with Crippen LogP contribution in [0.4, 0.5) is 0 Å². The van der Waals surface area contributed by atoms with Gasteiger partial charge in [0.25, 0.3) is 0 Å². The maximum absolute atomic E-state index is 12.2. The van der Waals surface area contributed by atoms with Crippen molar-refractivity contribution < 1.29 is 43.0 Å². The van der Waals surface area contributed by atoms with E-state index in [2.05, 4.69) is 96.7 Å². The number of aromatic hydroxyl groups is 1. The molecule has 3 N–H and O–H groups in total. The number of fused-ring (bicyclic) bond motifs is 15. The second-order valence-corrected chi connectivity index (χ2v) is 29.8. The molecule has 20 rings (SSSR count). The Balaban J connectivity index is 0.000000118. The monoisotopic (exact) mass is 1760 g/mol. The van der Waals surface area contributed by atoms with Gasteiger partial charge < -0.3 is 43.0 Å². The molecule has 0 fully saturated rings. The van der Waals surface area contributed by atoms with Gasteiger partial charge in [-0.1, -0.05) is 54.6 Å². The van der Waals surface area contributed by atoms with Gasteiger partial charge in [0.15, 0.2) is 51.7 Å². The van der Waals surface area contributed by atoms with Crippen LogP contribution in [-0.4, -0.2) is 136 Å². The van der Waals surface area contributed by atoms with Crippen LogP contribution in [0.1, 0.15) is 27.8 Å². The minimum Gasteiger partial charge on any atom is -0.504 e. The highest BCUT2D eigenvalue weighted by molar-refractivity contribution is 9.10. The van der Waals surface area contributed by atoms with E-state index < -0.39 is 0 Å². The highest BCUT2D eigenvalue weighted by atomic mass is 79.9. The molecule has 128 heavy (non-hydrogen) atoms. The second-order valence-electron chi connectivity index (χ2n) is 29.0. The third kappa shape index (κ3) is 15.6. The first-order valence-electron chi connectivity index (χ1n) is 39.2. The average molecular weight is 1760 g/mol. The van der Waals surface area contributed by atoms with Crippen LogP contribution in [0.15, 0.2) is 216 Å². The SMILES string of the molecule is COc1cc2c(cc1O)ncc1c2c(-c2ccc(C#N)cc2)nn1C.COc1cc2ncc3[nH]nc(-c4ccc(C#N)cc4)c3c2cc1OC.COc1cc2ncc3c(c(-c4ccc(C#N)c(Br)c4)nn3C)c2cc1OC.COc1cc2ncc3c(c(-c4ccc(C#N)cc4)[nH]n3C)c2cc1=O.COc1cc2ncc3c(c(-c4ccc(C#N)cc4)nn3C)c2cc1OC. The maximum Gasteiger partial charge on any atom is 0.221 e. The van der Waals surface area contributed by atoms with E-state index in [0.717, 1.165) is 159 Å². The van der Waals surface area contributed by atoms with Crippen LogP contribution in [0.25, 0.3) is 165 Å². The first-order chi connectivity index (χ1) is 62.2. The van der Waals surface area contributed by atoms with Gasteiger partial charge in [0.05, 0.1) is 201 Å². The number of aromatic nitrogens is 15. The van der Waals surface area contributed by atoms with Crippen LogP contribution in [0.5, 0.6) is 51.7 Å². The van der Waals surface area contributed by atoms with Gasteiger partial charge in [0.1, 0.15) is 28.8 Å². The summed E-state index contributed by atoms with van der Waals surface area (Å²) in [6.45, 7) is 0. The van der Waals surface area contributed by atoms with E-state index in [-0.39, 0.29) is 16.9 Å². The van der Waals surface area contributed by atoms with Crippen molar-refractivity contribution >= 4 is 125 Å². The number of H-pyrrole nitrogens is 2. The van der Waals surface area contributed by atoms with Gasteiger partial charge in [-0.25, -0.2) is 0 Å². The summed E-state index contributed by atoms with van der Waals surface area (Å²) < 4.78 is 50.8. The molecule has 10 aromatic heterocycles. The number of ether oxygens (including phenoxy) is 8. The molecular weight excluding hydrogens is 1690 g/mol. The lowest BCUT2D eigenvalue weighted by Crippen LogP contribution is -2.03. The van der Waals surface area contributed by atoms with Crippen molar-refractivity contribution in [3.8, 4) is 138 Å². The Morgan fingerprint density at radius 1 is 0.344 bits per heavy atom. The lowest BCUT2D eigenvalue weighted by Gasteiger charge is -2.10. The number of nitriles is 5. The van der Waals surface area contributed by atoms with Crippen LogP contribution in [0.2, 0.25) is 0 Å².